The Bertz CT molecular complexity index is 326. The molecule has 1 saturated heterocycles. The molecule has 1 rings (SSSR count). The maximum absolute atomic E-state index is 12.3. The first kappa shape index (κ1) is 16.1. The highest BCUT2D eigenvalue weighted by molar-refractivity contribution is 5.68. The van der Waals surface area contributed by atoms with Gasteiger partial charge in [-0.3, -0.25) is 4.90 Å². The number of amides is 1. The molecule has 0 spiro atoms. The highest BCUT2D eigenvalue weighted by atomic mass is 19.4. The molecule has 0 bridgehead atoms. The summed E-state index contributed by atoms with van der Waals surface area (Å²) in [5.41, 5.74) is -0.590. The van der Waals surface area contributed by atoms with Gasteiger partial charge in [0.15, 0.2) is 0 Å². The molecule has 19 heavy (non-hydrogen) atoms. The average molecular weight is 282 g/mol. The van der Waals surface area contributed by atoms with Crippen molar-refractivity contribution in [2.45, 2.75) is 45.0 Å². The SMILES string of the molecule is CN(CC(F)(F)F)C1CCN(C(=O)OC(C)(C)C)C1. The minimum absolute atomic E-state index is 0.269. The molecular weight excluding hydrogens is 261 g/mol. The average Bonchev–Trinajstić information content (AvgIpc) is 2.60. The maximum atomic E-state index is 12.3. The first-order chi connectivity index (χ1) is 8.48. The summed E-state index contributed by atoms with van der Waals surface area (Å²) in [5.74, 6) is 0. The van der Waals surface area contributed by atoms with Gasteiger partial charge in [0, 0.05) is 19.1 Å². The van der Waals surface area contributed by atoms with Crippen LogP contribution in [0.1, 0.15) is 27.2 Å². The largest absolute Gasteiger partial charge is 0.444 e. The first-order valence-electron chi connectivity index (χ1n) is 6.23. The number of carbonyl (C=O) groups is 1. The van der Waals surface area contributed by atoms with E-state index in [1.165, 1.54) is 16.8 Å². The van der Waals surface area contributed by atoms with Gasteiger partial charge in [0.2, 0.25) is 0 Å². The van der Waals surface area contributed by atoms with Gasteiger partial charge in [0.25, 0.3) is 0 Å². The van der Waals surface area contributed by atoms with Crippen LogP contribution >= 0.6 is 0 Å². The van der Waals surface area contributed by atoms with Gasteiger partial charge in [-0.25, -0.2) is 4.79 Å². The van der Waals surface area contributed by atoms with E-state index in [4.69, 9.17) is 4.74 Å². The van der Waals surface area contributed by atoms with Crippen molar-refractivity contribution >= 4 is 6.09 Å². The van der Waals surface area contributed by atoms with Crippen LogP contribution in [0.4, 0.5) is 18.0 Å². The van der Waals surface area contributed by atoms with Crippen LogP contribution < -0.4 is 0 Å². The zero-order valence-electron chi connectivity index (χ0n) is 11.8. The van der Waals surface area contributed by atoms with E-state index in [0.29, 0.717) is 13.0 Å². The Hall–Kier alpha value is -0.980. The number of nitrogens with zero attached hydrogens (tertiary/aromatic N) is 2. The van der Waals surface area contributed by atoms with Crippen LogP contribution in [0.25, 0.3) is 0 Å². The molecule has 7 heteroatoms. The lowest BCUT2D eigenvalue weighted by molar-refractivity contribution is -0.146. The molecule has 0 aromatic rings. The van der Waals surface area contributed by atoms with E-state index in [1.807, 2.05) is 0 Å². The van der Waals surface area contributed by atoms with E-state index < -0.39 is 24.4 Å². The zero-order chi connectivity index (χ0) is 14.8. The fourth-order valence-corrected chi connectivity index (χ4v) is 2.01. The Morgan fingerprint density at radius 1 is 1.37 bits per heavy atom. The van der Waals surface area contributed by atoms with Crippen molar-refractivity contribution in [2.75, 3.05) is 26.7 Å². The van der Waals surface area contributed by atoms with Crippen LogP contribution in [0.15, 0.2) is 0 Å². The number of likely N-dealkylation sites (tertiary alicyclic amines) is 1. The smallest absolute Gasteiger partial charge is 0.410 e. The van der Waals surface area contributed by atoms with Crippen molar-refractivity contribution in [1.29, 1.82) is 0 Å². The van der Waals surface area contributed by atoms with Gasteiger partial charge in [-0.05, 0) is 34.2 Å². The van der Waals surface area contributed by atoms with Crippen LogP contribution in [0.2, 0.25) is 0 Å². The van der Waals surface area contributed by atoms with Gasteiger partial charge in [-0.1, -0.05) is 0 Å². The molecule has 4 nitrogen and oxygen atoms in total. The third-order valence-corrected chi connectivity index (χ3v) is 2.87. The monoisotopic (exact) mass is 282 g/mol. The third-order valence-electron chi connectivity index (χ3n) is 2.87. The second-order valence-corrected chi connectivity index (χ2v) is 5.90. The number of halogens is 3. The lowest BCUT2D eigenvalue weighted by atomic mass is 10.2. The van der Waals surface area contributed by atoms with Crippen molar-refractivity contribution in [1.82, 2.24) is 9.80 Å². The number of likely N-dealkylation sites (N-methyl/N-ethyl adjacent to an activating group) is 1. The van der Waals surface area contributed by atoms with Crippen LogP contribution in [-0.4, -0.2) is 60.4 Å². The van der Waals surface area contributed by atoms with E-state index in [9.17, 15) is 18.0 Å². The van der Waals surface area contributed by atoms with Gasteiger partial charge in [0.1, 0.15) is 5.60 Å². The van der Waals surface area contributed by atoms with Crippen molar-refractivity contribution < 1.29 is 22.7 Å². The van der Waals surface area contributed by atoms with Crippen LogP contribution in [0, 0.1) is 0 Å². The van der Waals surface area contributed by atoms with E-state index in [2.05, 4.69) is 0 Å². The normalized spacial score (nSPS) is 21.1. The maximum Gasteiger partial charge on any atom is 0.410 e. The van der Waals surface area contributed by atoms with Gasteiger partial charge in [-0.2, -0.15) is 13.2 Å². The molecule has 0 aliphatic carbocycles. The number of rotatable bonds is 2. The molecule has 1 aliphatic rings. The number of hydrogen-bond acceptors (Lipinski definition) is 3. The molecule has 1 heterocycles. The predicted molar refractivity (Wildman–Crippen MR) is 64.9 cm³/mol. The van der Waals surface area contributed by atoms with Gasteiger partial charge >= 0.3 is 12.3 Å². The Morgan fingerprint density at radius 2 is 1.95 bits per heavy atom. The highest BCUT2D eigenvalue weighted by Gasteiger charge is 2.36. The minimum Gasteiger partial charge on any atom is -0.444 e. The first-order valence-corrected chi connectivity index (χ1v) is 6.23. The Morgan fingerprint density at radius 3 is 2.42 bits per heavy atom. The van der Waals surface area contributed by atoms with Crippen LogP contribution in [0.3, 0.4) is 0 Å². The summed E-state index contributed by atoms with van der Waals surface area (Å²) in [6, 6.07) is -0.269. The summed E-state index contributed by atoms with van der Waals surface area (Å²) in [4.78, 5) is 14.5. The van der Waals surface area contributed by atoms with Gasteiger partial charge in [-0.15, -0.1) is 0 Å². The number of hydrogen-bond donors (Lipinski definition) is 0. The molecule has 1 aliphatic heterocycles. The van der Waals surface area contributed by atoms with E-state index >= 15 is 0 Å². The number of alkyl halides is 3. The molecule has 1 amide bonds. The fraction of sp³-hybridized carbons (Fsp3) is 0.917. The lowest BCUT2D eigenvalue weighted by Crippen LogP contribution is -2.42. The second-order valence-electron chi connectivity index (χ2n) is 5.90. The minimum atomic E-state index is -4.21. The molecule has 1 fully saturated rings. The Kier molecular flexibility index (Phi) is 4.71. The van der Waals surface area contributed by atoms with Gasteiger partial charge < -0.3 is 9.64 Å². The summed E-state index contributed by atoms with van der Waals surface area (Å²) in [5, 5.41) is 0. The van der Waals surface area contributed by atoms with E-state index in [0.717, 1.165) is 0 Å². The zero-order valence-corrected chi connectivity index (χ0v) is 11.8. The Labute approximate surface area is 111 Å². The molecule has 0 saturated carbocycles. The molecule has 0 N–H and O–H groups in total. The lowest BCUT2D eigenvalue weighted by Gasteiger charge is -2.27. The standard InChI is InChI=1S/C12H21F3N2O2/c1-11(2,3)19-10(18)17-6-5-9(7-17)16(4)8-12(13,14)15/h9H,5-8H2,1-4H3. The van der Waals surface area contributed by atoms with Gasteiger partial charge in [0.05, 0.1) is 6.54 Å². The highest BCUT2D eigenvalue weighted by Crippen LogP contribution is 2.22. The third kappa shape index (κ3) is 5.67. The van der Waals surface area contributed by atoms with Crippen molar-refractivity contribution in [3.63, 3.8) is 0 Å². The van der Waals surface area contributed by atoms with Crippen LogP contribution in [0.5, 0.6) is 0 Å². The van der Waals surface area contributed by atoms with E-state index in [-0.39, 0.29) is 12.6 Å². The summed E-state index contributed by atoms with van der Waals surface area (Å²) >= 11 is 0. The van der Waals surface area contributed by atoms with E-state index in [1.54, 1.807) is 20.8 Å². The number of carbonyl (C=O) groups excluding carboxylic acids is 1. The summed E-state index contributed by atoms with van der Waals surface area (Å²) < 4.78 is 42.1. The number of ether oxygens (including phenoxy) is 1. The second kappa shape index (κ2) is 5.56. The van der Waals surface area contributed by atoms with Crippen LogP contribution in [-0.2, 0) is 4.74 Å². The summed E-state index contributed by atoms with van der Waals surface area (Å²) in [6.45, 7) is 5.03. The van der Waals surface area contributed by atoms with Crippen molar-refractivity contribution in [3.8, 4) is 0 Å². The molecule has 112 valence electrons. The fourth-order valence-electron chi connectivity index (χ4n) is 2.01. The molecule has 0 radical (unpaired) electrons. The summed E-state index contributed by atoms with van der Waals surface area (Å²) in [7, 11) is 1.43. The Balaban J connectivity index is 2.47. The predicted octanol–water partition coefficient (Wildman–Crippen LogP) is 2.49. The summed E-state index contributed by atoms with van der Waals surface area (Å²) in [6.07, 6.45) is -4.14. The van der Waals surface area contributed by atoms with Crippen molar-refractivity contribution in [2.24, 2.45) is 0 Å². The molecule has 0 aromatic heterocycles. The topological polar surface area (TPSA) is 32.8 Å². The molecule has 1 unspecified atom stereocenters. The molecular formula is C12H21F3N2O2. The molecule has 0 aromatic carbocycles. The quantitative estimate of drug-likeness (QED) is 0.780. The van der Waals surface area contributed by atoms with Crippen molar-refractivity contribution in [3.05, 3.63) is 0 Å². The molecule has 1 atom stereocenters.